The number of guanidine groups is 1. The summed E-state index contributed by atoms with van der Waals surface area (Å²) < 4.78 is 27.9. The number of halogens is 2. The number of rotatable bonds is 5. The minimum atomic E-state index is -0.287. The van der Waals surface area contributed by atoms with Crippen molar-refractivity contribution in [3.63, 3.8) is 0 Å². The molecule has 2 aliphatic rings. The fraction of sp³-hybridized carbons (Fsp3) is 0.524. The molecule has 2 aromatic rings. The number of benzene rings is 1. The van der Waals surface area contributed by atoms with Crippen LogP contribution in [-0.4, -0.2) is 65.5 Å². The lowest BCUT2D eigenvalue weighted by atomic mass is 10.1. The molecular formula is C21H29FIN5O2. The Balaban J connectivity index is 0.00000256. The summed E-state index contributed by atoms with van der Waals surface area (Å²) in [6, 6.07) is 5.20. The first-order valence-electron chi connectivity index (χ1n) is 10.3. The molecule has 1 aromatic carbocycles. The molecule has 1 N–H and O–H groups in total. The maximum atomic E-state index is 14.5. The van der Waals surface area contributed by atoms with Crippen molar-refractivity contribution < 1.29 is 13.9 Å². The highest BCUT2D eigenvalue weighted by atomic mass is 127. The third-order valence-corrected chi connectivity index (χ3v) is 5.31. The number of hydrogen-bond donors (Lipinski definition) is 1. The summed E-state index contributed by atoms with van der Waals surface area (Å²) in [6.07, 6.45) is 7.33. The third-order valence-electron chi connectivity index (χ3n) is 5.31. The first kappa shape index (κ1) is 23.0. The minimum Gasteiger partial charge on any atom is -0.375 e. The Kier molecular flexibility index (Phi) is 8.46. The fourth-order valence-electron chi connectivity index (χ4n) is 3.84. The second-order valence-electron chi connectivity index (χ2n) is 7.33. The number of aliphatic imine (C=N–C) groups is 1. The summed E-state index contributed by atoms with van der Waals surface area (Å²) in [6.45, 7) is 6.24. The molecule has 0 radical (unpaired) electrons. The monoisotopic (exact) mass is 529 g/mol. The Bertz CT molecular complexity index is 827. The minimum absolute atomic E-state index is 0. The number of hydrogen-bond acceptors (Lipinski definition) is 4. The van der Waals surface area contributed by atoms with E-state index in [0.717, 1.165) is 50.6 Å². The number of ether oxygens (including phenoxy) is 2. The lowest BCUT2D eigenvalue weighted by Crippen LogP contribution is -2.53. The van der Waals surface area contributed by atoms with E-state index in [1.54, 1.807) is 29.4 Å². The largest absolute Gasteiger partial charge is 0.375 e. The second kappa shape index (κ2) is 11.1. The van der Waals surface area contributed by atoms with Gasteiger partial charge in [0.1, 0.15) is 11.9 Å². The predicted molar refractivity (Wildman–Crippen MR) is 124 cm³/mol. The number of nitrogens with one attached hydrogen (secondary N) is 1. The maximum Gasteiger partial charge on any atom is 0.194 e. The summed E-state index contributed by atoms with van der Waals surface area (Å²) >= 11 is 0. The Morgan fingerprint density at radius 3 is 2.87 bits per heavy atom. The van der Waals surface area contributed by atoms with Gasteiger partial charge < -0.3 is 24.3 Å². The van der Waals surface area contributed by atoms with Crippen molar-refractivity contribution in [3.8, 4) is 5.69 Å². The molecule has 2 atom stereocenters. The Morgan fingerprint density at radius 1 is 1.30 bits per heavy atom. The van der Waals surface area contributed by atoms with Gasteiger partial charge in [0.05, 0.1) is 31.3 Å². The summed E-state index contributed by atoms with van der Waals surface area (Å²) in [5.74, 6) is 0.545. The van der Waals surface area contributed by atoms with Crippen LogP contribution >= 0.6 is 24.0 Å². The zero-order valence-corrected chi connectivity index (χ0v) is 19.5. The first-order chi connectivity index (χ1) is 14.2. The van der Waals surface area contributed by atoms with Gasteiger partial charge in [0, 0.05) is 38.6 Å². The van der Waals surface area contributed by atoms with Gasteiger partial charge in [-0.05, 0) is 37.5 Å². The summed E-state index contributed by atoms with van der Waals surface area (Å²) in [5.41, 5.74) is 1.31. The van der Waals surface area contributed by atoms with Crippen LogP contribution in [0.1, 0.15) is 25.3 Å². The molecule has 0 aliphatic carbocycles. The molecule has 0 amide bonds. The van der Waals surface area contributed by atoms with Crippen LogP contribution in [0.2, 0.25) is 0 Å². The van der Waals surface area contributed by atoms with Gasteiger partial charge in [0.15, 0.2) is 5.96 Å². The van der Waals surface area contributed by atoms with Gasteiger partial charge in [-0.2, -0.15) is 0 Å². The number of morpholine rings is 1. The summed E-state index contributed by atoms with van der Waals surface area (Å²) in [5, 5.41) is 3.36. The molecule has 0 bridgehead atoms. The topological polar surface area (TPSA) is 63.9 Å². The molecule has 2 fully saturated rings. The van der Waals surface area contributed by atoms with Crippen molar-refractivity contribution in [1.82, 2.24) is 19.8 Å². The highest BCUT2D eigenvalue weighted by molar-refractivity contribution is 14.0. The van der Waals surface area contributed by atoms with E-state index in [1.165, 1.54) is 6.07 Å². The number of imidazole rings is 1. The van der Waals surface area contributed by atoms with Crippen LogP contribution in [-0.2, 0) is 16.0 Å². The van der Waals surface area contributed by atoms with Crippen molar-refractivity contribution in [1.29, 1.82) is 0 Å². The van der Waals surface area contributed by atoms with E-state index in [1.807, 2.05) is 13.0 Å². The molecule has 2 aliphatic heterocycles. The Morgan fingerprint density at radius 2 is 2.17 bits per heavy atom. The SMILES string of the molecule is CCNC(=NCc1ccc(-n2ccnc2)c(F)c1)N1CCOC(C2CCCO2)C1.I. The average Bonchev–Trinajstić information content (AvgIpc) is 3.45. The second-order valence-corrected chi connectivity index (χ2v) is 7.33. The average molecular weight is 529 g/mol. The molecule has 2 saturated heterocycles. The van der Waals surface area contributed by atoms with E-state index in [0.29, 0.717) is 18.8 Å². The zero-order valence-electron chi connectivity index (χ0n) is 17.2. The van der Waals surface area contributed by atoms with Gasteiger partial charge in [-0.3, -0.25) is 0 Å². The van der Waals surface area contributed by atoms with Crippen LogP contribution in [0.5, 0.6) is 0 Å². The molecule has 3 heterocycles. The van der Waals surface area contributed by atoms with Gasteiger partial charge >= 0.3 is 0 Å². The van der Waals surface area contributed by atoms with Crippen molar-refractivity contribution in [2.24, 2.45) is 4.99 Å². The lowest BCUT2D eigenvalue weighted by Gasteiger charge is -2.37. The smallest absolute Gasteiger partial charge is 0.194 e. The van der Waals surface area contributed by atoms with E-state index in [2.05, 4.69) is 15.2 Å². The van der Waals surface area contributed by atoms with Crippen LogP contribution in [0.15, 0.2) is 41.9 Å². The lowest BCUT2D eigenvalue weighted by molar-refractivity contribution is -0.0817. The van der Waals surface area contributed by atoms with Crippen LogP contribution in [0.4, 0.5) is 4.39 Å². The van der Waals surface area contributed by atoms with Gasteiger partial charge in [-0.1, -0.05) is 6.07 Å². The van der Waals surface area contributed by atoms with Crippen molar-refractivity contribution in [2.75, 3.05) is 32.8 Å². The molecule has 2 unspecified atom stereocenters. The fourth-order valence-corrected chi connectivity index (χ4v) is 3.84. The molecule has 1 aromatic heterocycles. The quantitative estimate of drug-likeness (QED) is 0.367. The highest BCUT2D eigenvalue weighted by Crippen LogP contribution is 2.21. The van der Waals surface area contributed by atoms with Crippen molar-refractivity contribution >= 4 is 29.9 Å². The molecule has 30 heavy (non-hydrogen) atoms. The standard InChI is InChI=1S/C21H28FN5O2.HI/c1-2-24-21(26-9-11-29-20(14-26)19-4-3-10-28-19)25-13-16-5-6-18(17(22)12-16)27-8-7-23-15-27;/h5-8,12,15,19-20H,2-4,9-11,13-14H2,1H3,(H,24,25);1H. The van der Waals surface area contributed by atoms with Gasteiger partial charge in [0.2, 0.25) is 0 Å². The highest BCUT2D eigenvalue weighted by Gasteiger charge is 2.32. The van der Waals surface area contributed by atoms with E-state index in [4.69, 9.17) is 14.5 Å². The van der Waals surface area contributed by atoms with Crippen LogP contribution in [0.25, 0.3) is 5.69 Å². The van der Waals surface area contributed by atoms with Crippen molar-refractivity contribution in [2.45, 2.75) is 38.5 Å². The van der Waals surface area contributed by atoms with E-state index < -0.39 is 0 Å². The molecule has 164 valence electrons. The van der Waals surface area contributed by atoms with Gasteiger partial charge in [-0.15, -0.1) is 24.0 Å². The normalized spacial score (nSPS) is 22.1. The Hall–Kier alpha value is -1.72. The Labute approximate surface area is 193 Å². The van der Waals surface area contributed by atoms with E-state index in [-0.39, 0.29) is 42.0 Å². The number of nitrogens with zero attached hydrogens (tertiary/aromatic N) is 4. The third kappa shape index (κ3) is 5.50. The molecule has 0 saturated carbocycles. The molecule has 4 rings (SSSR count). The van der Waals surface area contributed by atoms with E-state index >= 15 is 0 Å². The number of aromatic nitrogens is 2. The zero-order chi connectivity index (χ0) is 20.1. The molecular weight excluding hydrogens is 500 g/mol. The van der Waals surface area contributed by atoms with Crippen LogP contribution < -0.4 is 5.32 Å². The molecule has 0 spiro atoms. The summed E-state index contributed by atoms with van der Waals surface area (Å²) in [7, 11) is 0. The van der Waals surface area contributed by atoms with Gasteiger partial charge in [0.25, 0.3) is 0 Å². The predicted octanol–water partition coefficient (Wildman–Crippen LogP) is 2.97. The summed E-state index contributed by atoms with van der Waals surface area (Å²) in [4.78, 5) is 10.9. The maximum absolute atomic E-state index is 14.5. The van der Waals surface area contributed by atoms with Crippen LogP contribution in [0, 0.1) is 5.82 Å². The molecule has 7 nitrogen and oxygen atoms in total. The van der Waals surface area contributed by atoms with Gasteiger partial charge in [-0.25, -0.2) is 14.4 Å². The van der Waals surface area contributed by atoms with Crippen molar-refractivity contribution in [3.05, 3.63) is 48.3 Å². The molecule has 9 heteroatoms. The van der Waals surface area contributed by atoms with E-state index in [9.17, 15) is 4.39 Å². The first-order valence-corrected chi connectivity index (χ1v) is 10.3. The van der Waals surface area contributed by atoms with Crippen LogP contribution in [0.3, 0.4) is 0 Å².